The number of carbonyl (C=O) groups is 2. The minimum absolute atomic E-state index is 0.189. The van der Waals surface area contributed by atoms with E-state index in [1.165, 1.54) is 13.8 Å². The Morgan fingerprint density at radius 2 is 2.00 bits per heavy atom. The van der Waals surface area contributed by atoms with Gasteiger partial charge in [-0.05, 0) is 31.9 Å². The Kier molecular flexibility index (Phi) is 3.50. The average Bonchev–Trinajstić information content (AvgIpc) is 2.07. The average molecular weight is 212 g/mol. The summed E-state index contributed by atoms with van der Waals surface area (Å²) in [6.07, 6.45) is 4.71. The van der Waals surface area contributed by atoms with Crippen molar-refractivity contribution in [1.82, 2.24) is 0 Å². The van der Waals surface area contributed by atoms with Crippen LogP contribution in [0.25, 0.3) is 0 Å². The summed E-state index contributed by atoms with van der Waals surface area (Å²) in [4.78, 5) is 21.5. The maximum atomic E-state index is 10.8. The summed E-state index contributed by atoms with van der Waals surface area (Å²) in [6.45, 7) is 4.61. The van der Waals surface area contributed by atoms with Gasteiger partial charge in [0.25, 0.3) is 0 Å². The molecule has 0 saturated carbocycles. The fraction of sp³-hybridized carbons (Fsp3) is 0.636. The van der Waals surface area contributed by atoms with Gasteiger partial charge in [-0.15, -0.1) is 0 Å². The number of esters is 2. The van der Waals surface area contributed by atoms with Gasteiger partial charge < -0.3 is 9.47 Å². The monoisotopic (exact) mass is 212 g/mol. The van der Waals surface area contributed by atoms with Gasteiger partial charge in [0.1, 0.15) is 11.7 Å². The molecule has 0 saturated heterocycles. The smallest absolute Gasteiger partial charge is 0.303 e. The molecule has 1 rings (SSSR count). The van der Waals surface area contributed by atoms with E-state index >= 15 is 0 Å². The first-order valence-electron chi connectivity index (χ1n) is 4.97. The van der Waals surface area contributed by atoms with Crippen LogP contribution >= 0.6 is 0 Å². The van der Waals surface area contributed by atoms with E-state index in [0.717, 1.165) is 0 Å². The highest BCUT2D eigenvalue weighted by atomic mass is 16.6. The van der Waals surface area contributed by atoms with Crippen molar-refractivity contribution in [2.45, 2.75) is 45.3 Å². The molecule has 0 aromatic heterocycles. The lowest BCUT2D eigenvalue weighted by molar-refractivity contribution is -0.154. The van der Waals surface area contributed by atoms with Crippen LogP contribution in [0.2, 0.25) is 0 Å². The second kappa shape index (κ2) is 4.47. The molecule has 15 heavy (non-hydrogen) atoms. The van der Waals surface area contributed by atoms with Crippen LogP contribution in [-0.4, -0.2) is 23.6 Å². The summed E-state index contributed by atoms with van der Waals surface area (Å²) in [5.74, 6) is -0.589. The van der Waals surface area contributed by atoms with Crippen molar-refractivity contribution in [3.8, 4) is 0 Å². The molecule has 2 atom stereocenters. The van der Waals surface area contributed by atoms with E-state index in [2.05, 4.69) is 0 Å². The van der Waals surface area contributed by atoms with Crippen LogP contribution in [0.4, 0.5) is 0 Å². The zero-order valence-electron chi connectivity index (χ0n) is 9.28. The highest BCUT2D eigenvalue weighted by molar-refractivity contribution is 5.67. The molecule has 0 amide bonds. The van der Waals surface area contributed by atoms with Crippen molar-refractivity contribution in [1.29, 1.82) is 0 Å². The number of carbonyl (C=O) groups excluding carboxylic acids is 2. The Bertz CT molecular complexity index is 295. The largest absolute Gasteiger partial charge is 0.458 e. The van der Waals surface area contributed by atoms with Crippen LogP contribution in [-0.2, 0) is 19.1 Å². The Balaban J connectivity index is 2.56. The molecule has 0 unspecified atom stereocenters. The minimum Gasteiger partial charge on any atom is -0.458 e. The topological polar surface area (TPSA) is 52.6 Å². The van der Waals surface area contributed by atoms with Crippen molar-refractivity contribution < 1.29 is 19.1 Å². The quantitative estimate of drug-likeness (QED) is 0.515. The van der Waals surface area contributed by atoms with Crippen molar-refractivity contribution in [2.75, 3.05) is 0 Å². The van der Waals surface area contributed by atoms with E-state index in [1.54, 1.807) is 12.2 Å². The molecule has 0 aromatic rings. The fourth-order valence-corrected chi connectivity index (χ4v) is 1.64. The second-order valence-corrected chi connectivity index (χ2v) is 3.95. The molecule has 1 aliphatic carbocycles. The highest BCUT2D eigenvalue weighted by Gasteiger charge is 2.30. The van der Waals surface area contributed by atoms with Crippen LogP contribution in [0.3, 0.4) is 0 Å². The first-order valence-corrected chi connectivity index (χ1v) is 4.97. The Morgan fingerprint density at radius 3 is 2.40 bits per heavy atom. The summed E-state index contributed by atoms with van der Waals surface area (Å²) in [5.41, 5.74) is -0.553. The van der Waals surface area contributed by atoms with E-state index in [1.807, 2.05) is 6.92 Å². The first-order chi connectivity index (χ1) is 6.91. The molecule has 0 radical (unpaired) electrons. The molecule has 0 heterocycles. The predicted molar refractivity (Wildman–Crippen MR) is 54.1 cm³/mol. The van der Waals surface area contributed by atoms with E-state index in [4.69, 9.17) is 9.47 Å². The summed E-state index contributed by atoms with van der Waals surface area (Å²) < 4.78 is 10.2. The molecular formula is C11H16O4. The fourth-order valence-electron chi connectivity index (χ4n) is 1.64. The predicted octanol–water partition coefficient (Wildman–Crippen LogP) is 1.59. The number of rotatable bonds is 2. The molecule has 4 nitrogen and oxygen atoms in total. The Morgan fingerprint density at radius 1 is 1.33 bits per heavy atom. The third kappa shape index (κ3) is 3.73. The molecule has 0 bridgehead atoms. The third-order valence-electron chi connectivity index (χ3n) is 2.28. The molecule has 1 aliphatic rings. The van der Waals surface area contributed by atoms with Crippen molar-refractivity contribution in [3.05, 3.63) is 12.2 Å². The summed E-state index contributed by atoms with van der Waals surface area (Å²) in [6, 6.07) is 0. The first kappa shape index (κ1) is 11.8. The minimum atomic E-state index is -0.553. The van der Waals surface area contributed by atoms with Gasteiger partial charge in [0.05, 0.1) is 0 Å². The molecule has 0 N–H and O–H groups in total. The lowest BCUT2D eigenvalue weighted by Gasteiger charge is -2.31. The maximum Gasteiger partial charge on any atom is 0.303 e. The van der Waals surface area contributed by atoms with Crippen LogP contribution < -0.4 is 0 Å². The van der Waals surface area contributed by atoms with Crippen LogP contribution in [0.15, 0.2) is 12.2 Å². The van der Waals surface area contributed by atoms with Crippen molar-refractivity contribution >= 4 is 11.9 Å². The van der Waals surface area contributed by atoms with Gasteiger partial charge in [0.2, 0.25) is 0 Å². The number of ether oxygens (including phenoxy) is 2. The SMILES string of the molecule is CC(=O)O[C@@H]1C=C[C@](C)(OC(C)=O)CC1. The number of hydrogen-bond acceptors (Lipinski definition) is 4. The molecule has 0 aliphatic heterocycles. The zero-order chi connectivity index (χ0) is 11.5. The normalized spacial score (nSPS) is 29.7. The summed E-state index contributed by atoms with van der Waals surface area (Å²) >= 11 is 0. The zero-order valence-corrected chi connectivity index (χ0v) is 9.28. The molecular weight excluding hydrogens is 196 g/mol. The van der Waals surface area contributed by atoms with E-state index in [0.29, 0.717) is 12.8 Å². The van der Waals surface area contributed by atoms with E-state index < -0.39 is 5.60 Å². The van der Waals surface area contributed by atoms with E-state index in [-0.39, 0.29) is 18.0 Å². The number of hydrogen-bond donors (Lipinski definition) is 0. The van der Waals surface area contributed by atoms with Crippen LogP contribution in [0.1, 0.15) is 33.6 Å². The van der Waals surface area contributed by atoms with Crippen molar-refractivity contribution in [2.24, 2.45) is 0 Å². The van der Waals surface area contributed by atoms with Gasteiger partial charge in [0, 0.05) is 13.8 Å². The van der Waals surface area contributed by atoms with Gasteiger partial charge in [-0.3, -0.25) is 9.59 Å². The Hall–Kier alpha value is -1.32. The van der Waals surface area contributed by atoms with Gasteiger partial charge in [0.15, 0.2) is 0 Å². The lowest BCUT2D eigenvalue weighted by Crippen LogP contribution is -2.34. The second-order valence-electron chi connectivity index (χ2n) is 3.95. The molecule has 4 heteroatoms. The van der Waals surface area contributed by atoms with Gasteiger partial charge in [-0.25, -0.2) is 0 Å². The third-order valence-corrected chi connectivity index (χ3v) is 2.28. The van der Waals surface area contributed by atoms with Gasteiger partial charge >= 0.3 is 11.9 Å². The van der Waals surface area contributed by atoms with Gasteiger partial charge in [-0.2, -0.15) is 0 Å². The van der Waals surface area contributed by atoms with Crippen molar-refractivity contribution in [3.63, 3.8) is 0 Å². The highest BCUT2D eigenvalue weighted by Crippen LogP contribution is 2.27. The lowest BCUT2D eigenvalue weighted by atomic mass is 9.91. The summed E-state index contributed by atoms with van der Waals surface area (Å²) in [5, 5.41) is 0. The van der Waals surface area contributed by atoms with E-state index in [9.17, 15) is 9.59 Å². The maximum absolute atomic E-state index is 10.8. The van der Waals surface area contributed by atoms with Crippen LogP contribution in [0.5, 0.6) is 0 Å². The molecule has 84 valence electrons. The molecule has 0 spiro atoms. The standard InChI is InChI=1S/C11H16O4/c1-8(12)14-10-4-6-11(3,7-5-10)15-9(2)13/h4,6,10H,5,7H2,1-3H3/t10-,11+/m1/s1. The molecule has 0 fully saturated rings. The van der Waals surface area contributed by atoms with Crippen LogP contribution in [0, 0.1) is 0 Å². The van der Waals surface area contributed by atoms with Gasteiger partial charge in [-0.1, -0.05) is 0 Å². The molecule has 0 aromatic carbocycles. The summed E-state index contributed by atoms with van der Waals surface area (Å²) in [7, 11) is 0. The Labute approximate surface area is 89.2 Å².